The van der Waals surface area contributed by atoms with Crippen LogP contribution < -0.4 is 10.7 Å². The normalized spacial score (nSPS) is 14.3. The lowest BCUT2D eigenvalue weighted by atomic mass is 9.93. The molecule has 0 saturated heterocycles. The van der Waals surface area contributed by atoms with Crippen molar-refractivity contribution in [1.82, 2.24) is 5.43 Å². The van der Waals surface area contributed by atoms with E-state index in [-0.39, 0.29) is 17.6 Å². The van der Waals surface area contributed by atoms with Crippen LogP contribution in [0.25, 0.3) is 0 Å². The first-order valence-corrected chi connectivity index (χ1v) is 9.95. The first-order chi connectivity index (χ1) is 14.5. The summed E-state index contributed by atoms with van der Waals surface area (Å²) in [5, 5.41) is 7.23. The Morgan fingerprint density at radius 1 is 0.933 bits per heavy atom. The van der Waals surface area contributed by atoms with Crippen LogP contribution in [-0.4, -0.2) is 17.5 Å². The summed E-state index contributed by atoms with van der Waals surface area (Å²) in [4.78, 5) is 25.1. The number of fused-ring (bicyclic) bond motifs is 1. The molecule has 1 aliphatic carbocycles. The van der Waals surface area contributed by atoms with Gasteiger partial charge in [-0.15, -0.1) is 0 Å². The van der Waals surface area contributed by atoms with Crippen LogP contribution in [0.1, 0.15) is 56.2 Å². The molecular formula is C24H23N3O3. The van der Waals surface area contributed by atoms with Crippen molar-refractivity contribution in [2.75, 3.05) is 5.32 Å². The molecule has 152 valence electrons. The zero-order valence-electron chi connectivity index (χ0n) is 17.0. The maximum Gasteiger partial charge on any atom is 0.291 e. The second kappa shape index (κ2) is 8.37. The van der Waals surface area contributed by atoms with Gasteiger partial charge in [-0.05, 0) is 51.0 Å². The van der Waals surface area contributed by atoms with Crippen molar-refractivity contribution in [3.63, 3.8) is 0 Å². The summed E-state index contributed by atoms with van der Waals surface area (Å²) >= 11 is 0. The van der Waals surface area contributed by atoms with Gasteiger partial charge in [0, 0.05) is 28.8 Å². The quantitative estimate of drug-likeness (QED) is 0.626. The molecule has 0 unspecified atom stereocenters. The summed E-state index contributed by atoms with van der Waals surface area (Å²) < 4.78 is 5.91. The number of hydrogen-bond donors (Lipinski definition) is 2. The van der Waals surface area contributed by atoms with Crippen LogP contribution in [0.15, 0.2) is 64.1 Å². The standard InChI is InChI=1S/C24H23N3O3/c1-15-11-13-18(14-12-15)25-24(29)22-16(2)21-19(9-6-10-20(21)30-22)26-27-23(28)17-7-4-3-5-8-17/h3-5,7-8,11-14H,6,9-10H2,1-2H3,(H,25,29)(H,27,28)/b26-19+. The predicted octanol–water partition coefficient (Wildman–Crippen LogP) is 4.62. The van der Waals surface area contributed by atoms with Crippen molar-refractivity contribution < 1.29 is 14.0 Å². The Hall–Kier alpha value is -3.67. The number of rotatable bonds is 4. The maximum absolute atomic E-state index is 12.8. The summed E-state index contributed by atoms with van der Waals surface area (Å²) in [6.07, 6.45) is 2.29. The van der Waals surface area contributed by atoms with Gasteiger partial charge in [0.1, 0.15) is 5.76 Å². The number of amides is 2. The number of furan rings is 1. The molecule has 2 N–H and O–H groups in total. The highest BCUT2D eigenvalue weighted by Gasteiger charge is 2.28. The number of nitrogens with one attached hydrogen (secondary N) is 2. The third-order valence-electron chi connectivity index (χ3n) is 5.17. The molecule has 0 radical (unpaired) electrons. The molecule has 1 aliphatic rings. The topological polar surface area (TPSA) is 83.7 Å². The van der Waals surface area contributed by atoms with Crippen LogP contribution in [-0.2, 0) is 6.42 Å². The van der Waals surface area contributed by atoms with Crippen LogP contribution in [0.5, 0.6) is 0 Å². The molecule has 6 nitrogen and oxygen atoms in total. The molecule has 2 aromatic carbocycles. The molecule has 6 heteroatoms. The smallest absolute Gasteiger partial charge is 0.291 e. The summed E-state index contributed by atoms with van der Waals surface area (Å²) in [7, 11) is 0. The van der Waals surface area contributed by atoms with E-state index in [4.69, 9.17) is 4.42 Å². The van der Waals surface area contributed by atoms with Crippen LogP contribution in [0.2, 0.25) is 0 Å². The fraction of sp³-hybridized carbons (Fsp3) is 0.208. The lowest BCUT2D eigenvalue weighted by Gasteiger charge is -2.13. The molecule has 3 aromatic rings. The van der Waals surface area contributed by atoms with E-state index in [0.717, 1.165) is 41.0 Å². The first-order valence-electron chi connectivity index (χ1n) is 9.95. The second-order valence-electron chi connectivity index (χ2n) is 7.39. The van der Waals surface area contributed by atoms with Crippen molar-refractivity contribution in [1.29, 1.82) is 0 Å². The summed E-state index contributed by atoms with van der Waals surface area (Å²) in [5.74, 6) is 0.456. The van der Waals surface area contributed by atoms with Gasteiger partial charge in [0.2, 0.25) is 0 Å². The largest absolute Gasteiger partial charge is 0.455 e. The summed E-state index contributed by atoms with van der Waals surface area (Å²) in [6, 6.07) is 16.5. The Morgan fingerprint density at radius 2 is 1.67 bits per heavy atom. The number of anilines is 1. The van der Waals surface area contributed by atoms with Crippen molar-refractivity contribution in [3.05, 3.63) is 88.4 Å². The van der Waals surface area contributed by atoms with E-state index in [2.05, 4.69) is 15.8 Å². The number of hydrazone groups is 1. The number of hydrogen-bond acceptors (Lipinski definition) is 4. The Morgan fingerprint density at radius 3 is 2.40 bits per heavy atom. The molecule has 2 amide bonds. The highest BCUT2D eigenvalue weighted by molar-refractivity contribution is 6.09. The van der Waals surface area contributed by atoms with E-state index < -0.39 is 0 Å². The lowest BCUT2D eigenvalue weighted by molar-refractivity contribution is 0.0953. The average molecular weight is 401 g/mol. The van der Waals surface area contributed by atoms with E-state index in [1.165, 1.54) is 0 Å². The van der Waals surface area contributed by atoms with Gasteiger partial charge in [-0.1, -0.05) is 35.9 Å². The third kappa shape index (κ3) is 4.03. The monoisotopic (exact) mass is 401 g/mol. The minimum atomic E-state index is -0.293. The van der Waals surface area contributed by atoms with Crippen molar-refractivity contribution >= 4 is 23.2 Å². The van der Waals surface area contributed by atoms with Crippen molar-refractivity contribution in [3.8, 4) is 0 Å². The fourth-order valence-electron chi connectivity index (χ4n) is 3.59. The fourth-order valence-corrected chi connectivity index (χ4v) is 3.59. The van der Waals surface area contributed by atoms with Crippen LogP contribution >= 0.6 is 0 Å². The summed E-state index contributed by atoms with van der Waals surface area (Å²) in [5.41, 5.74) is 7.30. The maximum atomic E-state index is 12.8. The SMILES string of the molecule is Cc1ccc(NC(=O)c2oc3c(c2C)/C(=N/NC(=O)c2ccccc2)CCC3)cc1. The minimum absolute atomic E-state index is 0.270. The lowest BCUT2D eigenvalue weighted by Crippen LogP contribution is -2.22. The molecule has 4 rings (SSSR count). The number of carbonyl (C=O) groups excluding carboxylic acids is 2. The van der Waals surface area contributed by atoms with Gasteiger partial charge < -0.3 is 9.73 Å². The highest BCUT2D eigenvalue weighted by atomic mass is 16.4. The average Bonchev–Trinajstić information content (AvgIpc) is 3.11. The van der Waals surface area contributed by atoms with Gasteiger partial charge in [-0.3, -0.25) is 9.59 Å². The van der Waals surface area contributed by atoms with E-state index in [9.17, 15) is 9.59 Å². The molecule has 0 fully saturated rings. The van der Waals surface area contributed by atoms with E-state index in [1.807, 2.05) is 44.2 Å². The van der Waals surface area contributed by atoms with Crippen LogP contribution in [0.4, 0.5) is 5.69 Å². The molecule has 1 heterocycles. The van der Waals surface area contributed by atoms with Gasteiger partial charge in [-0.2, -0.15) is 5.10 Å². The molecule has 0 spiro atoms. The van der Waals surface area contributed by atoms with Crippen molar-refractivity contribution in [2.24, 2.45) is 5.10 Å². The van der Waals surface area contributed by atoms with Crippen molar-refractivity contribution in [2.45, 2.75) is 33.1 Å². The Balaban J connectivity index is 1.56. The Bertz CT molecular complexity index is 1110. The number of aryl methyl sites for hydroxylation is 2. The van der Waals surface area contributed by atoms with Gasteiger partial charge in [-0.25, -0.2) is 5.43 Å². The molecule has 0 atom stereocenters. The highest BCUT2D eigenvalue weighted by Crippen LogP contribution is 2.30. The third-order valence-corrected chi connectivity index (χ3v) is 5.17. The Kier molecular flexibility index (Phi) is 5.48. The molecule has 1 aromatic heterocycles. The van der Waals surface area contributed by atoms with Crippen LogP contribution in [0.3, 0.4) is 0 Å². The zero-order valence-corrected chi connectivity index (χ0v) is 17.0. The molecule has 0 bridgehead atoms. The van der Waals surface area contributed by atoms with E-state index in [1.54, 1.807) is 24.3 Å². The molecule has 0 saturated carbocycles. The van der Waals surface area contributed by atoms with E-state index in [0.29, 0.717) is 17.7 Å². The minimum Gasteiger partial charge on any atom is -0.455 e. The molecular weight excluding hydrogens is 378 g/mol. The number of carbonyl (C=O) groups is 2. The number of nitrogens with zero attached hydrogens (tertiary/aromatic N) is 1. The molecule has 0 aliphatic heterocycles. The zero-order chi connectivity index (χ0) is 21.1. The Labute approximate surface area is 175 Å². The summed E-state index contributed by atoms with van der Waals surface area (Å²) in [6.45, 7) is 3.85. The van der Waals surface area contributed by atoms with E-state index >= 15 is 0 Å². The van der Waals surface area contributed by atoms with Gasteiger partial charge in [0.05, 0.1) is 5.71 Å². The van der Waals surface area contributed by atoms with Crippen LogP contribution in [0, 0.1) is 13.8 Å². The first kappa shape index (κ1) is 19.6. The van der Waals surface area contributed by atoms with Gasteiger partial charge in [0.15, 0.2) is 5.76 Å². The predicted molar refractivity (Wildman–Crippen MR) is 116 cm³/mol. The van der Waals surface area contributed by atoms with Gasteiger partial charge >= 0.3 is 0 Å². The van der Waals surface area contributed by atoms with Gasteiger partial charge in [0.25, 0.3) is 11.8 Å². The second-order valence-corrected chi connectivity index (χ2v) is 7.39. The molecule has 30 heavy (non-hydrogen) atoms. The number of benzene rings is 2.